The minimum absolute atomic E-state index is 0.136. The number of rotatable bonds is 0. The Hall–Kier alpha value is -1.58. The van der Waals surface area contributed by atoms with E-state index in [0.717, 1.165) is 11.4 Å². The van der Waals surface area contributed by atoms with Crippen molar-refractivity contribution >= 4 is 5.65 Å². The van der Waals surface area contributed by atoms with Gasteiger partial charge in [-0.3, -0.25) is 9.20 Å². The van der Waals surface area contributed by atoms with E-state index < -0.39 is 0 Å². The zero-order valence-corrected chi connectivity index (χ0v) is 6.96. The van der Waals surface area contributed by atoms with Gasteiger partial charge in [-0.05, 0) is 13.8 Å². The Kier molecular flexibility index (Phi) is 1.30. The molecule has 0 aliphatic heterocycles. The van der Waals surface area contributed by atoms with Gasteiger partial charge in [0.1, 0.15) is 0 Å². The third-order valence-corrected chi connectivity index (χ3v) is 2.05. The molecular formula is C8H9N3O. The predicted molar refractivity (Wildman–Crippen MR) is 45.3 cm³/mol. The van der Waals surface area contributed by atoms with Crippen LogP contribution in [0.1, 0.15) is 11.4 Å². The summed E-state index contributed by atoms with van der Waals surface area (Å²) in [6.45, 7) is 3.82. The first-order chi connectivity index (χ1) is 5.70. The van der Waals surface area contributed by atoms with Gasteiger partial charge in [-0.15, -0.1) is 0 Å². The van der Waals surface area contributed by atoms with E-state index in [4.69, 9.17) is 0 Å². The van der Waals surface area contributed by atoms with E-state index in [0.29, 0.717) is 5.65 Å². The summed E-state index contributed by atoms with van der Waals surface area (Å²) in [6, 6.07) is 0. The standard InChI is InChI=1S/C8H9N3O/c1-5-6(2)11-4-3-9-7(11)8(12)10-5/h3-4H,1-2H3,(H,10,12). The van der Waals surface area contributed by atoms with Crippen LogP contribution in [0.5, 0.6) is 0 Å². The highest BCUT2D eigenvalue weighted by atomic mass is 16.1. The molecule has 0 fully saturated rings. The van der Waals surface area contributed by atoms with Crippen molar-refractivity contribution in [3.63, 3.8) is 0 Å². The normalized spacial score (nSPS) is 10.8. The summed E-state index contributed by atoms with van der Waals surface area (Å²) < 4.78 is 1.79. The fourth-order valence-electron chi connectivity index (χ4n) is 1.24. The molecule has 1 N–H and O–H groups in total. The number of aromatic amines is 1. The van der Waals surface area contributed by atoms with E-state index in [1.165, 1.54) is 0 Å². The van der Waals surface area contributed by atoms with Crippen LogP contribution < -0.4 is 5.56 Å². The van der Waals surface area contributed by atoms with E-state index in [-0.39, 0.29) is 5.56 Å². The molecule has 62 valence electrons. The van der Waals surface area contributed by atoms with Crippen LogP contribution in [0.3, 0.4) is 0 Å². The highest BCUT2D eigenvalue weighted by Gasteiger charge is 2.03. The fourth-order valence-corrected chi connectivity index (χ4v) is 1.24. The summed E-state index contributed by atoms with van der Waals surface area (Å²) in [6.07, 6.45) is 3.41. The topological polar surface area (TPSA) is 50.2 Å². The number of hydrogen-bond acceptors (Lipinski definition) is 2. The maximum atomic E-state index is 11.3. The van der Waals surface area contributed by atoms with Crippen molar-refractivity contribution in [3.8, 4) is 0 Å². The molecule has 0 unspecified atom stereocenters. The van der Waals surface area contributed by atoms with Gasteiger partial charge in [0, 0.05) is 23.8 Å². The Morgan fingerprint density at radius 1 is 1.50 bits per heavy atom. The minimum Gasteiger partial charge on any atom is -0.322 e. The predicted octanol–water partition coefficient (Wildman–Crippen LogP) is 0.639. The number of imidazole rings is 1. The van der Waals surface area contributed by atoms with Gasteiger partial charge in [0.15, 0.2) is 0 Å². The van der Waals surface area contributed by atoms with Crippen LogP contribution in [0.2, 0.25) is 0 Å². The number of H-pyrrole nitrogens is 1. The minimum atomic E-state index is -0.136. The molecule has 0 aliphatic carbocycles. The quantitative estimate of drug-likeness (QED) is 0.619. The number of nitrogens with zero attached hydrogens (tertiary/aromatic N) is 2. The lowest BCUT2D eigenvalue weighted by molar-refractivity contribution is 0.973. The van der Waals surface area contributed by atoms with Crippen molar-refractivity contribution in [2.75, 3.05) is 0 Å². The van der Waals surface area contributed by atoms with E-state index in [2.05, 4.69) is 9.97 Å². The van der Waals surface area contributed by atoms with Crippen LogP contribution in [0, 0.1) is 13.8 Å². The summed E-state index contributed by atoms with van der Waals surface area (Å²) in [7, 11) is 0. The molecule has 0 saturated carbocycles. The van der Waals surface area contributed by atoms with Gasteiger partial charge in [-0.2, -0.15) is 0 Å². The van der Waals surface area contributed by atoms with Crippen molar-refractivity contribution < 1.29 is 0 Å². The number of hydrogen-bond donors (Lipinski definition) is 1. The lowest BCUT2D eigenvalue weighted by atomic mass is 10.3. The zero-order valence-electron chi connectivity index (χ0n) is 6.96. The summed E-state index contributed by atoms with van der Waals surface area (Å²) in [4.78, 5) is 17.9. The molecule has 0 aliphatic rings. The fraction of sp³-hybridized carbons (Fsp3) is 0.250. The van der Waals surface area contributed by atoms with Crippen molar-refractivity contribution in [1.29, 1.82) is 0 Å². The Morgan fingerprint density at radius 3 is 3.00 bits per heavy atom. The number of aryl methyl sites for hydroxylation is 2. The van der Waals surface area contributed by atoms with Crippen LogP contribution >= 0.6 is 0 Å². The zero-order chi connectivity index (χ0) is 8.72. The van der Waals surface area contributed by atoms with Crippen LogP contribution in [-0.4, -0.2) is 14.4 Å². The van der Waals surface area contributed by atoms with Gasteiger partial charge < -0.3 is 4.98 Å². The van der Waals surface area contributed by atoms with Crippen molar-refractivity contribution in [3.05, 3.63) is 34.1 Å². The van der Waals surface area contributed by atoms with Crippen molar-refractivity contribution in [2.45, 2.75) is 13.8 Å². The lowest BCUT2D eigenvalue weighted by Gasteiger charge is -2.01. The molecule has 0 bridgehead atoms. The molecule has 0 radical (unpaired) electrons. The first-order valence-corrected chi connectivity index (χ1v) is 3.72. The maximum Gasteiger partial charge on any atom is 0.291 e. The Balaban J connectivity index is 3.07. The molecule has 2 rings (SSSR count). The molecule has 2 aromatic rings. The van der Waals surface area contributed by atoms with E-state index in [1.54, 1.807) is 16.8 Å². The van der Waals surface area contributed by atoms with E-state index >= 15 is 0 Å². The van der Waals surface area contributed by atoms with Crippen LogP contribution in [0.25, 0.3) is 5.65 Å². The molecule has 0 amide bonds. The monoisotopic (exact) mass is 163 g/mol. The van der Waals surface area contributed by atoms with Gasteiger partial charge in [-0.25, -0.2) is 4.98 Å². The van der Waals surface area contributed by atoms with Gasteiger partial charge in [-0.1, -0.05) is 0 Å². The van der Waals surface area contributed by atoms with Gasteiger partial charge in [0.2, 0.25) is 5.65 Å². The second kappa shape index (κ2) is 2.20. The molecule has 2 aromatic heterocycles. The molecule has 0 saturated heterocycles. The Morgan fingerprint density at radius 2 is 2.25 bits per heavy atom. The molecule has 0 spiro atoms. The average Bonchev–Trinajstić information content (AvgIpc) is 2.48. The molecule has 2 heterocycles. The van der Waals surface area contributed by atoms with Gasteiger partial charge in [0.05, 0.1) is 0 Å². The SMILES string of the molecule is Cc1[nH]c(=O)c2nccn2c1C. The Labute approximate surface area is 68.9 Å². The molecular weight excluding hydrogens is 154 g/mol. The van der Waals surface area contributed by atoms with Gasteiger partial charge in [0.25, 0.3) is 5.56 Å². The molecule has 4 nitrogen and oxygen atoms in total. The highest BCUT2D eigenvalue weighted by molar-refractivity contribution is 5.37. The summed E-state index contributed by atoms with van der Waals surface area (Å²) in [5, 5.41) is 0. The maximum absolute atomic E-state index is 11.3. The lowest BCUT2D eigenvalue weighted by Crippen LogP contribution is -2.13. The number of nitrogens with one attached hydrogen (secondary N) is 1. The number of fused-ring (bicyclic) bond motifs is 1. The third kappa shape index (κ3) is 0.777. The van der Waals surface area contributed by atoms with Crippen LogP contribution in [-0.2, 0) is 0 Å². The highest BCUT2D eigenvalue weighted by Crippen LogP contribution is 2.02. The van der Waals surface area contributed by atoms with Gasteiger partial charge >= 0.3 is 0 Å². The van der Waals surface area contributed by atoms with E-state index in [9.17, 15) is 4.79 Å². The van der Waals surface area contributed by atoms with Crippen LogP contribution in [0.15, 0.2) is 17.2 Å². The van der Waals surface area contributed by atoms with Crippen LogP contribution in [0.4, 0.5) is 0 Å². The molecule has 0 atom stereocenters. The molecule has 12 heavy (non-hydrogen) atoms. The first kappa shape index (κ1) is 7.09. The molecule has 0 aromatic carbocycles. The Bertz CT molecular complexity index is 480. The second-order valence-electron chi connectivity index (χ2n) is 2.79. The smallest absolute Gasteiger partial charge is 0.291 e. The summed E-state index contributed by atoms with van der Waals surface area (Å²) in [5.74, 6) is 0. The average molecular weight is 163 g/mol. The van der Waals surface area contributed by atoms with E-state index in [1.807, 2.05) is 13.8 Å². The largest absolute Gasteiger partial charge is 0.322 e. The van der Waals surface area contributed by atoms with Crippen molar-refractivity contribution in [2.24, 2.45) is 0 Å². The summed E-state index contributed by atoms with van der Waals surface area (Å²) >= 11 is 0. The summed E-state index contributed by atoms with van der Waals surface area (Å²) in [5.41, 5.74) is 2.22. The molecule has 4 heteroatoms. The van der Waals surface area contributed by atoms with Crippen molar-refractivity contribution in [1.82, 2.24) is 14.4 Å². The second-order valence-corrected chi connectivity index (χ2v) is 2.79. The first-order valence-electron chi connectivity index (χ1n) is 3.72. The third-order valence-electron chi connectivity index (χ3n) is 2.05. The number of aromatic nitrogens is 3.